The van der Waals surface area contributed by atoms with Crippen LogP contribution in [0.25, 0.3) is 11.1 Å². The quantitative estimate of drug-likeness (QED) is 0.405. The van der Waals surface area contributed by atoms with Crippen molar-refractivity contribution in [2.45, 2.75) is 83.6 Å². The normalized spacial score (nSPS) is 19.1. The third-order valence-corrected chi connectivity index (χ3v) is 7.46. The highest BCUT2D eigenvalue weighted by Gasteiger charge is 2.38. The number of benzene rings is 3. The van der Waals surface area contributed by atoms with Gasteiger partial charge in [-0.05, 0) is 91.6 Å². The second kappa shape index (κ2) is 7.80. The van der Waals surface area contributed by atoms with Crippen LogP contribution >= 0.6 is 0 Å². The summed E-state index contributed by atoms with van der Waals surface area (Å²) in [6.45, 7) is 11.6. The first-order chi connectivity index (χ1) is 15.6. The summed E-state index contributed by atoms with van der Waals surface area (Å²) in [6, 6.07) is 24.4. The fourth-order valence-corrected chi connectivity index (χ4v) is 5.92. The average molecular weight is 425 g/mol. The van der Waals surface area contributed by atoms with Crippen molar-refractivity contribution in [1.29, 1.82) is 0 Å². The van der Waals surface area contributed by atoms with E-state index in [0.29, 0.717) is 0 Å². The lowest BCUT2D eigenvalue weighted by atomic mass is 9.78. The van der Waals surface area contributed by atoms with Crippen LogP contribution in [0.5, 0.6) is 0 Å². The van der Waals surface area contributed by atoms with Crippen molar-refractivity contribution in [3.63, 3.8) is 0 Å². The molecule has 1 saturated carbocycles. The fraction of sp³-hybridized carbons (Fsp3) is 0.419. The molecule has 2 aliphatic rings. The largest absolute Gasteiger partial charge is 0.336 e. The Morgan fingerprint density at radius 1 is 0.812 bits per heavy atom. The van der Waals surface area contributed by atoms with E-state index in [-0.39, 0.29) is 11.0 Å². The van der Waals surface area contributed by atoms with Crippen molar-refractivity contribution in [3.05, 3.63) is 83.4 Å². The summed E-state index contributed by atoms with van der Waals surface area (Å²) in [7, 11) is 0. The maximum Gasteiger partial charge on any atom is 0.0454 e. The molecule has 1 nitrogen and oxygen atoms in total. The van der Waals surface area contributed by atoms with Crippen molar-refractivity contribution in [1.82, 2.24) is 0 Å². The van der Waals surface area contributed by atoms with Gasteiger partial charge < -0.3 is 4.90 Å². The molecule has 0 spiro atoms. The molecule has 0 aromatic heterocycles. The molecular formula is C31H37N. The minimum Gasteiger partial charge on any atom is -0.336 e. The molecule has 2 aliphatic carbocycles. The molecule has 0 aliphatic heterocycles. The van der Waals surface area contributed by atoms with Crippen LogP contribution in [0.2, 0.25) is 0 Å². The topological polar surface area (TPSA) is 3.24 Å². The number of rotatable bonds is 3. The van der Waals surface area contributed by atoms with E-state index in [1.807, 2.05) is 0 Å². The molecule has 0 heterocycles. The van der Waals surface area contributed by atoms with E-state index in [4.69, 9.17) is 0 Å². The molecule has 0 amide bonds. The van der Waals surface area contributed by atoms with Gasteiger partial charge in [-0.15, -0.1) is 0 Å². The van der Waals surface area contributed by atoms with Gasteiger partial charge in [0.2, 0.25) is 0 Å². The van der Waals surface area contributed by atoms with Gasteiger partial charge in [-0.3, -0.25) is 0 Å². The molecule has 3 aromatic rings. The molecule has 1 heteroatoms. The van der Waals surface area contributed by atoms with E-state index < -0.39 is 5.89 Å². The monoisotopic (exact) mass is 424 g/mol. The molecule has 0 saturated heterocycles. The Morgan fingerprint density at radius 3 is 2.16 bits per heavy atom. The summed E-state index contributed by atoms with van der Waals surface area (Å²) in [5.41, 5.74) is 8.88. The Morgan fingerprint density at radius 2 is 1.47 bits per heavy atom. The molecule has 0 radical (unpaired) electrons. The summed E-state index contributed by atoms with van der Waals surface area (Å²) < 4.78 is 9.68. The number of fused-ring (bicyclic) bond motifs is 3. The van der Waals surface area contributed by atoms with E-state index >= 15 is 0 Å². The molecular weight excluding hydrogens is 386 g/mol. The van der Waals surface area contributed by atoms with Crippen LogP contribution in [0.15, 0.2) is 66.7 Å². The highest BCUT2D eigenvalue weighted by atomic mass is 15.2. The van der Waals surface area contributed by atoms with Crippen LogP contribution < -0.4 is 4.90 Å². The maximum absolute atomic E-state index is 9.68. The zero-order valence-electron chi connectivity index (χ0n) is 21.3. The number of nitrogens with zero attached hydrogens (tertiary/aromatic N) is 1. The van der Waals surface area contributed by atoms with E-state index in [0.717, 1.165) is 25.7 Å². The van der Waals surface area contributed by atoms with Crippen LogP contribution in [-0.4, -0.2) is 5.54 Å². The predicted molar refractivity (Wildman–Crippen MR) is 138 cm³/mol. The smallest absolute Gasteiger partial charge is 0.0454 e. The van der Waals surface area contributed by atoms with E-state index in [2.05, 4.69) is 106 Å². The van der Waals surface area contributed by atoms with Gasteiger partial charge in [-0.1, -0.05) is 75.6 Å². The molecule has 0 unspecified atom stereocenters. The minimum absolute atomic E-state index is 0.0544. The van der Waals surface area contributed by atoms with Gasteiger partial charge in [0.25, 0.3) is 0 Å². The lowest BCUT2D eigenvalue weighted by Crippen LogP contribution is -2.38. The Hall–Kier alpha value is -2.54. The van der Waals surface area contributed by atoms with Gasteiger partial charge in [0.05, 0.1) is 0 Å². The number of hydrogen-bond donors (Lipinski definition) is 0. The van der Waals surface area contributed by atoms with Gasteiger partial charge in [-0.25, -0.2) is 0 Å². The predicted octanol–water partition coefficient (Wildman–Crippen LogP) is 8.98. The molecule has 32 heavy (non-hydrogen) atoms. The van der Waals surface area contributed by atoms with Crippen molar-refractivity contribution in [2.24, 2.45) is 0 Å². The first-order valence-electron chi connectivity index (χ1n) is 12.8. The number of para-hydroxylation sites is 1. The molecule has 166 valence electrons. The third-order valence-electron chi connectivity index (χ3n) is 7.46. The van der Waals surface area contributed by atoms with Crippen LogP contribution in [0.1, 0.15) is 90.7 Å². The van der Waals surface area contributed by atoms with Gasteiger partial charge in [0, 0.05) is 23.7 Å². The lowest BCUT2D eigenvalue weighted by Gasteiger charge is -2.41. The maximum atomic E-state index is 9.68. The Kier molecular flexibility index (Phi) is 4.90. The standard InChI is InChI=1S/C31H37N/c1-30(2,3)32(23-16-10-7-11-17-23)29-21-28-26(20-25(29)22-14-8-6-9-15-22)24-18-12-13-19-27(24)31(28,4)5/h7,10-13,16-22H,6,8-9,14-15H2,1-5H3/i22D. The number of anilines is 2. The molecule has 3 aromatic carbocycles. The molecule has 0 atom stereocenters. The third kappa shape index (κ3) is 3.47. The van der Waals surface area contributed by atoms with Gasteiger partial charge in [0.15, 0.2) is 0 Å². The van der Waals surface area contributed by atoms with Crippen molar-refractivity contribution in [3.8, 4) is 11.1 Å². The Labute approximate surface area is 195 Å². The van der Waals surface area contributed by atoms with Crippen LogP contribution in [0.4, 0.5) is 11.4 Å². The van der Waals surface area contributed by atoms with E-state index in [1.54, 1.807) is 0 Å². The van der Waals surface area contributed by atoms with Crippen molar-refractivity contribution >= 4 is 11.4 Å². The second-order valence-corrected chi connectivity index (χ2v) is 11.1. The van der Waals surface area contributed by atoms with Crippen molar-refractivity contribution in [2.75, 3.05) is 4.90 Å². The molecule has 1 fully saturated rings. The summed E-state index contributed by atoms with van der Waals surface area (Å²) >= 11 is 0. The van der Waals surface area contributed by atoms with Crippen molar-refractivity contribution < 1.29 is 1.37 Å². The van der Waals surface area contributed by atoms with E-state index in [1.165, 1.54) is 45.6 Å². The minimum atomic E-state index is -0.539. The van der Waals surface area contributed by atoms with Gasteiger partial charge >= 0.3 is 0 Å². The van der Waals surface area contributed by atoms with E-state index in [9.17, 15) is 1.37 Å². The zero-order valence-corrected chi connectivity index (χ0v) is 20.3. The lowest BCUT2D eigenvalue weighted by molar-refractivity contribution is 0.442. The second-order valence-electron chi connectivity index (χ2n) is 11.1. The van der Waals surface area contributed by atoms with Gasteiger partial charge in [0.1, 0.15) is 0 Å². The summed E-state index contributed by atoms with van der Waals surface area (Å²) in [4.78, 5) is 2.48. The summed E-state index contributed by atoms with van der Waals surface area (Å²) in [5.74, 6) is -0.539. The van der Waals surface area contributed by atoms with Gasteiger partial charge in [-0.2, -0.15) is 0 Å². The van der Waals surface area contributed by atoms with Crippen LogP contribution in [0, 0.1) is 0 Å². The highest BCUT2D eigenvalue weighted by Crippen LogP contribution is 2.53. The first-order valence-corrected chi connectivity index (χ1v) is 12.3. The molecule has 0 N–H and O–H groups in total. The zero-order chi connectivity index (χ0) is 23.4. The summed E-state index contributed by atoms with van der Waals surface area (Å²) in [5, 5.41) is 0. The Balaban J connectivity index is 1.82. The highest BCUT2D eigenvalue weighted by molar-refractivity contribution is 5.85. The molecule has 5 rings (SSSR count). The van der Waals surface area contributed by atoms with Crippen LogP contribution in [-0.2, 0) is 5.41 Å². The molecule has 0 bridgehead atoms. The SMILES string of the molecule is [2H]C1(c2cc3c(cc2N(c2ccccc2)C(C)(C)C)C(C)(C)c2ccccc2-3)CCCCC1. The fourth-order valence-electron chi connectivity index (χ4n) is 5.92. The van der Waals surface area contributed by atoms with Crippen LogP contribution in [0.3, 0.4) is 0 Å². The Bertz CT molecular complexity index is 1160. The number of hydrogen-bond acceptors (Lipinski definition) is 1. The first kappa shape index (κ1) is 20.1. The summed E-state index contributed by atoms with van der Waals surface area (Å²) in [6.07, 6.45) is 5.41. The average Bonchev–Trinajstić information content (AvgIpc) is 3.01.